The number of rotatable bonds is 4. The fraction of sp³-hybridized carbons (Fsp3) is 1.00. The van der Waals surface area contributed by atoms with Crippen molar-refractivity contribution in [3.8, 4) is 0 Å². The van der Waals surface area contributed by atoms with Crippen LogP contribution in [0.5, 0.6) is 0 Å². The third kappa shape index (κ3) is 3.48. The second kappa shape index (κ2) is 6.64. The maximum absolute atomic E-state index is 3.72. The Labute approximate surface area is 101 Å². The van der Waals surface area contributed by atoms with Gasteiger partial charge in [0.25, 0.3) is 0 Å². The van der Waals surface area contributed by atoms with Gasteiger partial charge in [0.15, 0.2) is 0 Å². The van der Waals surface area contributed by atoms with E-state index in [1.54, 1.807) is 0 Å². The van der Waals surface area contributed by atoms with Crippen molar-refractivity contribution in [1.29, 1.82) is 0 Å². The molecular formula is C15H29N. The van der Waals surface area contributed by atoms with Crippen LogP contribution in [0.25, 0.3) is 0 Å². The van der Waals surface area contributed by atoms with E-state index in [2.05, 4.69) is 12.2 Å². The Kier molecular flexibility index (Phi) is 5.15. The van der Waals surface area contributed by atoms with Crippen LogP contribution >= 0.6 is 0 Å². The van der Waals surface area contributed by atoms with Gasteiger partial charge in [-0.1, -0.05) is 45.4 Å². The van der Waals surface area contributed by atoms with E-state index in [4.69, 9.17) is 0 Å². The van der Waals surface area contributed by atoms with Crippen LogP contribution in [0.4, 0.5) is 0 Å². The van der Waals surface area contributed by atoms with Crippen molar-refractivity contribution in [3.05, 3.63) is 0 Å². The quantitative estimate of drug-likeness (QED) is 0.707. The van der Waals surface area contributed by atoms with Crippen molar-refractivity contribution in [3.63, 3.8) is 0 Å². The molecule has 0 radical (unpaired) electrons. The summed E-state index contributed by atoms with van der Waals surface area (Å²) in [5.41, 5.74) is 0. The second-order valence-corrected chi connectivity index (χ2v) is 5.98. The monoisotopic (exact) mass is 223 g/mol. The Morgan fingerprint density at radius 3 is 2.31 bits per heavy atom. The van der Waals surface area contributed by atoms with E-state index in [9.17, 15) is 0 Å². The Bertz CT molecular complexity index is 182. The highest BCUT2D eigenvalue weighted by Gasteiger charge is 2.30. The topological polar surface area (TPSA) is 12.0 Å². The van der Waals surface area contributed by atoms with E-state index in [1.165, 1.54) is 70.8 Å². The van der Waals surface area contributed by atoms with E-state index < -0.39 is 0 Å². The number of nitrogens with one attached hydrogen (secondary N) is 1. The van der Waals surface area contributed by atoms with Crippen LogP contribution in [0.3, 0.4) is 0 Å². The first-order valence-electron chi connectivity index (χ1n) is 7.63. The van der Waals surface area contributed by atoms with Crippen LogP contribution in [-0.4, -0.2) is 12.6 Å². The summed E-state index contributed by atoms with van der Waals surface area (Å²) >= 11 is 0. The normalized spacial score (nSPS) is 32.8. The first-order valence-corrected chi connectivity index (χ1v) is 7.63. The Morgan fingerprint density at radius 1 is 0.875 bits per heavy atom. The van der Waals surface area contributed by atoms with Crippen LogP contribution in [0, 0.1) is 11.8 Å². The molecule has 2 atom stereocenters. The fourth-order valence-corrected chi connectivity index (χ4v) is 3.76. The molecule has 0 amide bonds. The first-order chi connectivity index (χ1) is 7.90. The molecule has 16 heavy (non-hydrogen) atoms. The summed E-state index contributed by atoms with van der Waals surface area (Å²) in [6.45, 7) is 3.49. The van der Waals surface area contributed by atoms with E-state index in [0.29, 0.717) is 0 Å². The van der Waals surface area contributed by atoms with Gasteiger partial charge < -0.3 is 5.32 Å². The first kappa shape index (κ1) is 12.4. The summed E-state index contributed by atoms with van der Waals surface area (Å²) in [4.78, 5) is 0. The summed E-state index contributed by atoms with van der Waals surface area (Å²) < 4.78 is 0. The van der Waals surface area contributed by atoms with Gasteiger partial charge >= 0.3 is 0 Å². The molecule has 1 nitrogen and oxygen atoms in total. The van der Waals surface area contributed by atoms with E-state index in [-0.39, 0.29) is 0 Å². The predicted octanol–water partition coefficient (Wildman–Crippen LogP) is 4.13. The highest BCUT2D eigenvalue weighted by Crippen LogP contribution is 2.38. The molecule has 2 fully saturated rings. The predicted molar refractivity (Wildman–Crippen MR) is 70.6 cm³/mol. The van der Waals surface area contributed by atoms with Crippen molar-refractivity contribution in [2.24, 2.45) is 11.8 Å². The van der Waals surface area contributed by atoms with Crippen molar-refractivity contribution in [2.45, 2.75) is 77.2 Å². The Morgan fingerprint density at radius 2 is 1.62 bits per heavy atom. The molecule has 2 rings (SSSR count). The molecular weight excluding hydrogens is 194 g/mol. The zero-order chi connectivity index (χ0) is 11.2. The third-order valence-corrected chi connectivity index (χ3v) is 4.72. The zero-order valence-electron chi connectivity index (χ0n) is 11.0. The molecule has 1 N–H and O–H groups in total. The lowest BCUT2D eigenvalue weighted by molar-refractivity contribution is 0.297. The summed E-state index contributed by atoms with van der Waals surface area (Å²) in [5.74, 6) is 2.14. The van der Waals surface area contributed by atoms with Gasteiger partial charge in [-0.15, -0.1) is 0 Å². The molecule has 2 aliphatic carbocycles. The Hall–Kier alpha value is -0.0400. The zero-order valence-corrected chi connectivity index (χ0v) is 11.0. The maximum atomic E-state index is 3.72. The van der Waals surface area contributed by atoms with Crippen LogP contribution in [0.2, 0.25) is 0 Å². The van der Waals surface area contributed by atoms with Gasteiger partial charge in [-0.2, -0.15) is 0 Å². The molecule has 0 aromatic rings. The molecule has 0 heterocycles. The molecule has 0 aromatic carbocycles. The molecule has 0 saturated heterocycles. The van der Waals surface area contributed by atoms with Gasteiger partial charge in [0.05, 0.1) is 0 Å². The van der Waals surface area contributed by atoms with Crippen LogP contribution in [0.1, 0.15) is 71.1 Å². The number of hydrogen-bond donors (Lipinski definition) is 1. The lowest BCUT2D eigenvalue weighted by Crippen LogP contribution is -2.27. The van der Waals surface area contributed by atoms with Gasteiger partial charge in [0.1, 0.15) is 0 Å². The highest BCUT2D eigenvalue weighted by molar-refractivity contribution is 4.85. The molecule has 2 saturated carbocycles. The van der Waals surface area contributed by atoms with Gasteiger partial charge in [-0.3, -0.25) is 0 Å². The molecule has 0 bridgehead atoms. The van der Waals surface area contributed by atoms with Gasteiger partial charge in [-0.05, 0) is 44.1 Å². The van der Waals surface area contributed by atoms with E-state index in [1.807, 2.05) is 0 Å². The standard InChI is InChI=1S/C15H29N/c1-2-11-16-15-10-9-14(12-15)13-7-5-3-4-6-8-13/h13-16H,2-12H2,1H3. The van der Waals surface area contributed by atoms with Gasteiger partial charge in [0, 0.05) is 6.04 Å². The van der Waals surface area contributed by atoms with Gasteiger partial charge in [-0.25, -0.2) is 0 Å². The van der Waals surface area contributed by atoms with Gasteiger partial charge in [0.2, 0.25) is 0 Å². The molecule has 94 valence electrons. The van der Waals surface area contributed by atoms with Crippen molar-refractivity contribution < 1.29 is 0 Å². The van der Waals surface area contributed by atoms with Crippen molar-refractivity contribution in [1.82, 2.24) is 5.32 Å². The minimum atomic E-state index is 0.855. The van der Waals surface area contributed by atoms with Crippen LogP contribution in [-0.2, 0) is 0 Å². The summed E-state index contributed by atoms with van der Waals surface area (Å²) in [6.07, 6.45) is 14.8. The second-order valence-electron chi connectivity index (χ2n) is 5.98. The van der Waals surface area contributed by atoms with Crippen molar-refractivity contribution >= 4 is 0 Å². The maximum Gasteiger partial charge on any atom is 0.00699 e. The largest absolute Gasteiger partial charge is 0.314 e. The van der Waals surface area contributed by atoms with Crippen molar-refractivity contribution in [2.75, 3.05) is 6.54 Å². The molecule has 1 heteroatoms. The average molecular weight is 223 g/mol. The fourth-order valence-electron chi connectivity index (χ4n) is 3.76. The molecule has 0 aliphatic heterocycles. The van der Waals surface area contributed by atoms with Crippen LogP contribution < -0.4 is 5.32 Å². The summed E-state index contributed by atoms with van der Waals surface area (Å²) in [5, 5.41) is 3.72. The van der Waals surface area contributed by atoms with E-state index >= 15 is 0 Å². The molecule has 2 unspecified atom stereocenters. The minimum Gasteiger partial charge on any atom is -0.314 e. The molecule has 0 spiro atoms. The number of hydrogen-bond acceptors (Lipinski definition) is 1. The highest BCUT2D eigenvalue weighted by atomic mass is 14.9. The molecule has 2 aliphatic rings. The Balaban J connectivity index is 1.73. The van der Waals surface area contributed by atoms with E-state index in [0.717, 1.165) is 17.9 Å². The van der Waals surface area contributed by atoms with Crippen LogP contribution in [0.15, 0.2) is 0 Å². The lowest BCUT2D eigenvalue weighted by atomic mass is 9.85. The SMILES string of the molecule is CCCNC1CCC(C2CCCCCC2)C1. The minimum absolute atomic E-state index is 0.855. The smallest absolute Gasteiger partial charge is 0.00699 e. The lowest BCUT2D eigenvalue weighted by Gasteiger charge is -2.22. The summed E-state index contributed by atoms with van der Waals surface area (Å²) in [6, 6.07) is 0.855. The average Bonchev–Trinajstić information content (AvgIpc) is 2.60. The summed E-state index contributed by atoms with van der Waals surface area (Å²) in [7, 11) is 0. The molecule has 0 aromatic heterocycles. The third-order valence-electron chi connectivity index (χ3n) is 4.72.